The van der Waals surface area contributed by atoms with Crippen molar-refractivity contribution >= 4 is 11.9 Å². The molecule has 0 aliphatic carbocycles. The van der Waals surface area contributed by atoms with Gasteiger partial charge in [-0.15, -0.1) is 6.58 Å². The monoisotopic (exact) mass is 146 g/mol. The van der Waals surface area contributed by atoms with Gasteiger partial charge in [-0.2, -0.15) is 5.26 Å². The van der Waals surface area contributed by atoms with Gasteiger partial charge < -0.3 is 5.11 Å². The van der Waals surface area contributed by atoms with E-state index in [0.717, 1.165) is 6.08 Å². The van der Waals surface area contributed by atoms with E-state index in [4.69, 9.17) is 10.4 Å². The van der Waals surface area contributed by atoms with E-state index in [2.05, 4.69) is 11.5 Å². The zero-order chi connectivity index (χ0) is 8.15. The van der Waals surface area contributed by atoms with Crippen LogP contribution < -0.4 is 0 Å². The number of rotatable bonds is 3. The first-order valence-electron chi connectivity index (χ1n) is 2.34. The van der Waals surface area contributed by atoms with E-state index in [1.165, 1.54) is 0 Å². The van der Waals surface area contributed by atoms with Gasteiger partial charge in [0.05, 0.1) is 0 Å². The molecule has 0 aliphatic rings. The van der Waals surface area contributed by atoms with Gasteiger partial charge in [0.25, 0.3) is 0 Å². The molecule has 0 aromatic heterocycles. The molecule has 0 radical (unpaired) electrons. The van der Waals surface area contributed by atoms with Crippen LogP contribution in [-0.2, 0) is 14.5 Å². The average molecular weight is 146 g/mol. The molecule has 2 N–H and O–H groups in total. The highest BCUT2D eigenvalue weighted by Crippen LogP contribution is 1.99. The summed E-state index contributed by atoms with van der Waals surface area (Å²) in [5.41, 5.74) is 0. The zero-order valence-electron chi connectivity index (χ0n) is 4.98. The molecule has 5 heteroatoms. The van der Waals surface area contributed by atoms with Gasteiger partial charge in [0, 0.05) is 0 Å². The fraction of sp³-hybridized carbons (Fsp3) is 0.200. The van der Waals surface area contributed by atoms with Crippen LogP contribution in [0, 0.1) is 5.92 Å². The predicted molar refractivity (Wildman–Crippen MR) is 30.0 cm³/mol. The normalized spacial score (nSPS) is 11.7. The number of aliphatic carboxylic acids is 1. The molecular formula is C5H6O5. The summed E-state index contributed by atoms with van der Waals surface area (Å²) in [6.45, 7) is 3.06. The van der Waals surface area contributed by atoms with Crippen LogP contribution in [0.25, 0.3) is 0 Å². The molecule has 0 amide bonds. The first-order valence-corrected chi connectivity index (χ1v) is 2.34. The predicted octanol–water partition coefficient (Wildman–Crippen LogP) is -0.111. The lowest BCUT2D eigenvalue weighted by molar-refractivity contribution is -0.237. The van der Waals surface area contributed by atoms with Crippen LogP contribution in [0.3, 0.4) is 0 Å². The minimum absolute atomic E-state index is 0.862. The molecule has 10 heavy (non-hydrogen) atoms. The van der Waals surface area contributed by atoms with Crippen molar-refractivity contribution in [2.24, 2.45) is 5.92 Å². The third-order valence-corrected chi connectivity index (χ3v) is 0.846. The van der Waals surface area contributed by atoms with E-state index in [1.54, 1.807) is 0 Å². The number of carbonyl (C=O) groups is 2. The van der Waals surface area contributed by atoms with Crippen LogP contribution in [0.4, 0.5) is 0 Å². The van der Waals surface area contributed by atoms with Gasteiger partial charge >= 0.3 is 11.9 Å². The minimum Gasteiger partial charge on any atom is -0.480 e. The first-order chi connectivity index (χ1) is 4.63. The molecule has 0 fully saturated rings. The van der Waals surface area contributed by atoms with Crippen molar-refractivity contribution in [3.63, 3.8) is 0 Å². The molecule has 0 aromatic rings. The highest BCUT2D eigenvalue weighted by atomic mass is 17.1. The Morgan fingerprint density at radius 3 is 2.20 bits per heavy atom. The summed E-state index contributed by atoms with van der Waals surface area (Å²) in [6, 6.07) is 0. The Morgan fingerprint density at radius 1 is 1.60 bits per heavy atom. The van der Waals surface area contributed by atoms with Gasteiger partial charge in [-0.1, -0.05) is 6.08 Å². The summed E-state index contributed by atoms with van der Waals surface area (Å²) in [6.07, 6.45) is 0.862. The van der Waals surface area contributed by atoms with Gasteiger partial charge in [0.15, 0.2) is 5.92 Å². The molecule has 0 bridgehead atoms. The largest absolute Gasteiger partial charge is 0.480 e. The quantitative estimate of drug-likeness (QED) is 0.251. The first kappa shape index (κ1) is 8.64. The third-order valence-electron chi connectivity index (χ3n) is 0.846. The Labute approximate surface area is 56.5 Å². The fourth-order valence-electron chi connectivity index (χ4n) is 0.355. The molecule has 0 saturated heterocycles. The Bertz CT molecular complexity index is 161. The Hall–Kier alpha value is -1.36. The lowest BCUT2D eigenvalue weighted by Gasteiger charge is -1.99. The topological polar surface area (TPSA) is 83.8 Å². The molecular weight excluding hydrogens is 140 g/mol. The number of hydrogen-bond acceptors (Lipinski definition) is 4. The maximum Gasteiger partial charge on any atom is 0.360 e. The average Bonchev–Trinajstić information content (AvgIpc) is 1.88. The molecule has 5 nitrogen and oxygen atoms in total. The summed E-state index contributed by atoms with van der Waals surface area (Å²) >= 11 is 0. The second-order valence-electron chi connectivity index (χ2n) is 1.46. The maximum absolute atomic E-state index is 10.3. The minimum atomic E-state index is -1.50. The maximum atomic E-state index is 10.3. The van der Waals surface area contributed by atoms with Crippen molar-refractivity contribution < 1.29 is 24.8 Å². The Kier molecular flexibility index (Phi) is 3.13. The van der Waals surface area contributed by atoms with Crippen LogP contribution in [-0.4, -0.2) is 22.3 Å². The van der Waals surface area contributed by atoms with Gasteiger partial charge in [-0.25, -0.2) is 4.79 Å². The van der Waals surface area contributed by atoms with E-state index in [9.17, 15) is 9.59 Å². The molecule has 0 rings (SSSR count). The van der Waals surface area contributed by atoms with Crippen molar-refractivity contribution in [3.8, 4) is 0 Å². The van der Waals surface area contributed by atoms with Crippen molar-refractivity contribution in [2.45, 2.75) is 0 Å². The summed E-state index contributed by atoms with van der Waals surface area (Å²) in [7, 11) is 0. The molecule has 56 valence electrons. The summed E-state index contributed by atoms with van der Waals surface area (Å²) < 4.78 is 0. The number of carboxylic acids is 1. The summed E-state index contributed by atoms with van der Waals surface area (Å²) in [5, 5.41) is 15.9. The number of carbonyl (C=O) groups excluding carboxylic acids is 1. The zero-order valence-corrected chi connectivity index (χ0v) is 4.98. The van der Waals surface area contributed by atoms with Gasteiger partial charge in [0.2, 0.25) is 0 Å². The third kappa shape index (κ3) is 1.87. The van der Waals surface area contributed by atoms with E-state index >= 15 is 0 Å². The van der Waals surface area contributed by atoms with Crippen molar-refractivity contribution in [1.82, 2.24) is 0 Å². The van der Waals surface area contributed by atoms with Crippen LogP contribution >= 0.6 is 0 Å². The van der Waals surface area contributed by atoms with Crippen LogP contribution in [0.15, 0.2) is 12.7 Å². The molecule has 0 heterocycles. The van der Waals surface area contributed by atoms with Crippen molar-refractivity contribution in [2.75, 3.05) is 0 Å². The highest BCUT2D eigenvalue weighted by Gasteiger charge is 2.24. The van der Waals surface area contributed by atoms with E-state index < -0.39 is 17.9 Å². The van der Waals surface area contributed by atoms with Gasteiger partial charge in [-0.3, -0.25) is 9.68 Å². The van der Waals surface area contributed by atoms with Gasteiger partial charge in [-0.05, 0) is 0 Å². The molecule has 1 unspecified atom stereocenters. The lowest BCUT2D eigenvalue weighted by Crippen LogP contribution is -2.22. The highest BCUT2D eigenvalue weighted by molar-refractivity contribution is 5.95. The van der Waals surface area contributed by atoms with Gasteiger partial charge in [0.1, 0.15) is 0 Å². The standard InChI is InChI=1S/C5H6O5/c1-2-3(4(6)7)5(8)10-9/h2-3,9H,1H2,(H,6,7). The summed E-state index contributed by atoms with van der Waals surface area (Å²) in [5.74, 6) is -4.15. The van der Waals surface area contributed by atoms with Crippen LogP contribution in [0.1, 0.15) is 0 Å². The fourth-order valence-corrected chi connectivity index (χ4v) is 0.355. The van der Waals surface area contributed by atoms with Crippen molar-refractivity contribution in [1.29, 1.82) is 0 Å². The number of hydrogen-bond donors (Lipinski definition) is 2. The molecule has 1 atom stereocenters. The number of carboxylic acid groups (broad SMARTS) is 1. The van der Waals surface area contributed by atoms with Crippen LogP contribution in [0.5, 0.6) is 0 Å². The van der Waals surface area contributed by atoms with E-state index in [-0.39, 0.29) is 0 Å². The molecule has 0 aliphatic heterocycles. The smallest absolute Gasteiger partial charge is 0.360 e. The Balaban J connectivity index is 4.20. The molecule has 0 spiro atoms. The van der Waals surface area contributed by atoms with Crippen LogP contribution in [0.2, 0.25) is 0 Å². The lowest BCUT2D eigenvalue weighted by atomic mass is 10.1. The second-order valence-corrected chi connectivity index (χ2v) is 1.46. The summed E-state index contributed by atoms with van der Waals surface area (Å²) in [4.78, 5) is 23.5. The SMILES string of the molecule is C=CC(C(=O)O)C(=O)OO. The van der Waals surface area contributed by atoms with E-state index in [0.29, 0.717) is 0 Å². The van der Waals surface area contributed by atoms with E-state index in [1.807, 2.05) is 0 Å². The molecule has 0 saturated carbocycles. The molecule has 0 aromatic carbocycles. The second kappa shape index (κ2) is 3.62. The van der Waals surface area contributed by atoms with Crippen molar-refractivity contribution in [3.05, 3.63) is 12.7 Å². The Morgan fingerprint density at radius 2 is 2.10 bits per heavy atom.